The molecule has 0 aromatic carbocycles. The fourth-order valence-corrected chi connectivity index (χ4v) is 4.60. The minimum atomic E-state index is 0.505. The van der Waals surface area contributed by atoms with Gasteiger partial charge < -0.3 is 5.32 Å². The molecule has 16 heavy (non-hydrogen) atoms. The third kappa shape index (κ3) is 1.40. The lowest BCUT2D eigenvalue weighted by molar-refractivity contribution is 0.311. The predicted octanol–water partition coefficient (Wildman–Crippen LogP) is 3.45. The van der Waals surface area contributed by atoms with E-state index in [1.165, 1.54) is 25.8 Å². The van der Waals surface area contributed by atoms with Gasteiger partial charge in [0.05, 0.1) is 0 Å². The molecule has 0 aromatic heterocycles. The summed E-state index contributed by atoms with van der Waals surface area (Å²) in [5.74, 6) is 3.17. The van der Waals surface area contributed by atoms with Gasteiger partial charge >= 0.3 is 0 Å². The molecular weight excluding hydrogens is 194 g/mol. The quantitative estimate of drug-likeness (QED) is 0.769. The molecular formula is C15H27N. The molecule has 3 unspecified atom stereocenters. The van der Waals surface area contributed by atoms with Crippen LogP contribution in [-0.2, 0) is 0 Å². The zero-order valence-electron chi connectivity index (χ0n) is 11.3. The van der Waals surface area contributed by atoms with Gasteiger partial charge in [-0.25, -0.2) is 0 Å². The molecule has 0 heterocycles. The van der Waals surface area contributed by atoms with Crippen molar-refractivity contribution in [1.82, 2.24) is 5.32 Å². The molecule has 92 valence electrons. The van der Waals surface area contributed by atoms with E-state index in [4.69, 9.17) is 0 Å². The van der Waals surface area contributed by atoms with Gasteiger partial charge in [-0.05, 0) is 54.4 Å². The number of rotatable bonds is 3. The highest BCUT2D eigenvalue weighted by Crippen LogP contribution is 2.62. The lowest BCUT2D eigenvalue weighted by Gasteiger charge is -2.22. The van der Waals surface area contributed by atoms with E-state index in [2.05, 4.69) is 33.0 Å². The van der Waals surface area contributed by atoms with Gasteiger partial charge in [-0.1, -0.05) is 34.1 Å². The Morgan fingerprint density at radius 1 is 1.00 bits per heavy atom. The fourth-order valence-electron chi connectivity index (χ4n) is 4.60. The minimum Gasteiger partial charge on any atom is -0.313 e. The van der Waals surface area contributed by atoms with Crippen molar-refractivity contribution in [3.63, 3.8) is 0 Å². The first kappa shape index (κ1) is 11.1. The molecule has 1 heteroatoms. The summed E-state index contributed by atoms with van der Waals surface area (Å²) >= 11 is 0. The summed E-state index contributed by atoms with van der Waals surface area (Å²) in [5, 5.41) is 3.86. The Morgan fingerprint density at radius 2 is 1.69 bits per heavy atom. The summed E-state index contributed by atoms with van der Waals surface area (Å²) in [6, 6.07) is 0.749. The van der Waals surface area contributed by atoms with Crippen LogP contribution in [0, 0.1) is 28.6 Å². The van der Waals surface area contributed by atoms with Crippen LogP contribution in [0.1, 0.15) is 53.4 Å². The molecule has 3 aliphatic carbocycles. The van der Waals surface area contributed by atoms with E-state index in [1.54, 1.807) is 6.42 Å². The lowest BCUT2D eigenvalue weighted by atomic mass is 9.89. The summed E-state index contributed by atoms with van der Waals surface area (Å²) in [5.41, 5.74) is 1.01. The van der Waals surface area contributed by atoms with Gasteiger partial charge in [-0.3, -0.25) is 0 Å². The number of hydrogen-bond donors (Lipinski definition) is 1. The summed E-state index contributed by atoms with van der Waals surface area (Å²) in [6.07, 6.45) is 6.12. The summed E-state index contributed by atoms with van der Waals surface area (Å²) in [6.45, 7) is 10.9. The van der Waals surface area contributed by atoms with E-state index in [-0.39, 0.29) is 0 Å². The molecule has 0 saturated heterocycles. The van der Waals surface area contributed by atoms with Gasteiger partial charge in [-0.15, -0.1) is 0 Å². The molecule has 3 fully saturated rings. The van der Waals surface area contributed by atoms with E-state index >= 15 is 0 Å². The van der Waals surface area contributed by atoms with Crippen LogP contribution in [0.5, 0.6) is 0 Å². The van der Waals surface area contributed by atoms with Crippen LogP contribution in [0.3, 0.4) is 0 Å². The molecule has 0 amide bonds. The Bertz CT molecular complexity index is 278. The number of hydrogen-bond acceptors (Lipinski definition) is 1. The Morgan fingerprint density at radius 3 is 2.12 bits per heavy atom. The van der Waals surface area contributed by atoms with Crippen LogP contribution in [0.15, 0.2) is 0 Å². The maximum atomic E-state index is 3.86. The molecule has 0 spiro atoms. The van der Waals surface area contributed by atoms with Crippen molar-refractivity contribution < 1.29 is 0 Å². The van der Waals surface area contributed by atoms with Crippen molar-refractivity contribution >= 4 is 0 Å². The second-order valence-electron chi connectivity index (χ2n) is 7.72. The first-order chi connectivity index (χ1) is 7.43. The van der Waals surface area contributed by atoms with Gasteiger partial charge in [0.25, 0.3) is 0 Å². The normalized spacial score (nSPS) is 43.9. The average Bonchev–Trinajstić information content (AvgIpc) is 2.69. The Kier molecular flexibility index (Phi) is 2.25. The summed E-state index contributed by atoms with van der Waals surface area (Å²) in [4.78, 5) is 0. The molecule has 3 saturated carbocycles. The van der Waals surface area contributed by atoms with E-state index < -0.39 is 0 Å². The SMILES string of the molecule is CC1(C)C(NCC2CC3CCC2C3)C1(C)C. The van der Waals surface area contributed by atoms with Gasteiger partial charge in [0.1, 0.15) is 0 Å². The highest BCUT2D eigenvalue weighted by Gasteiger charge is 2.64. The molecule has 3 aliphatic rings. The van der Waals surface area contributed by atoms with Gasteiger partial charge in [-0.2, -0.15) is 0 Å². The number of fused-ring (bicyclic) bond motifs is 2. The maximum Gasteiger partial charge on any atom is 0.0181 e. The second-order valence-corrected chi connectivity index (χ2v) is 7.72. The zero-order valence-corrected chi connectivity index (χ0v) is 11.3. The van der Waals surface area contributed by atoms with Gasteiger partial charge in [0.2, 0.25) is 0 Å². The Hall–Kier alpha value is -0.0400. The largest absolute Gasteiger partial charge is 0.313 e. The molecule has 1 N–H and O–H groups in total. The molecule has 3 rings (SSSR count). The topological polar surface area (TPSA) is 12.0 Å². The van der Waals surface area contributed by atoms with E-state index in [9.17, 15) is 0 Å². The van der Waals surface area contributed by atoms with Crippen molar-refractivity contribution in [2.45, 2.75) is 59.4 Å². The summed E-state index contributed by atoms with van der Waals surface area (Å²) < 4.78 is 0. The van der Waals surface area contributed by atoms with Crippen LogP contribution >= 0.6 is 0 Å². The van der Waals surface area contributed by atoms with Crippen molar-refractivity contribution in [3.05, 3.63) is 0 Å². The van der Waals surface area contributed by atoms with E-state index in [0.717, 1.165) is 23.8 Å². The monoisotopic (exact) mass is 221 g/mol. The number of nitrogens with one attached hydrogen (secondary N) is 1. The highest BCUT2D eigenvalue weighted by molar-refractivity contribution is 5.17. The third-order valence-corrected chi connectivity index (χ3v) is 6.49. The molecule has 0 aliphatic heterocycles. The van der Waals surface area contributed by atoms with Gasteiger partial charge in [0.15, 0.2) is 0 Å². The smallest absolute Gasteiger partial charge is 0.0181 e. The first-order valence-electron chi connectivity index (χ1n) is 7.16. The first-order valence-corrected chi connectivity index (χ1v) is 7.16. The molecule has 3 atom stereocenters. The van der Waals surface area contributed by atoms with Crippen LogP contribution in [0.2, 0.25) is 0 Å². The zero-order chi connectivity index (χ0) is 11.6. The lowest BCUT2D eigenvalue weighted by Crippen LogP contribution is -2.31. The van der Waals surface area contributed by atoms with Crippen LogP contribution in [0.4, 0.5) is 0 Å². The highest BCUT2D eigenvalue weighted by atomic mass is 15.0. The standard InChI is InChI=1S/C15H27N/c1-14(2)13(15(14,3)4)16-9-12-8-10-5-6-11(12)7-10/h10-13,16H,5-9H2,1-4H3. The van der Waals surface area contributed by atoms with Crippen LogP contribution in [0.25, 0.3) is 0 Å². The molecule has 0 radical (unpaired) electrons. The van der Waals surface area contributed by atoms with Crippen molar-refractivity contribution in [2.24, 2.45) is 28.6 Å². The Balaban J connectivity index is 1.52. The average molecular weight is 221 g/mol. The second kappa shape index (κ2) is 3.25. The fraction of sp³-hybridized carbons (Fsp3) is 1.00. The molecule has 0 aromatic rings. The van der Waals surface area contributed by atoms with Gasteiger partial charge in [0, 0.05) is 6.04 Å². The predicted molar refractivity (Wildman–Crippen MR) is 68.3 cm³/mol. The summed E-state index contributed by atoms with van der Waals surface area (Å²) in [7, 11) is 0. The van der Waals surface area contributed by atoms with E-state index in [1.807, 2.05) is 0 Å². The molecule has 1 nitrogen and oxygen atoms in total. The minimum absolute atomic E-state index is 0.505. The van der Waals surface area contributed by atoms with E-state index in [0.29, 0.717) is 10.8 Å². The maximum absolute atomic E-state index is 3.86. The van der Waals surface area contributed by atoms with Crippen LogP contribution < -0.4 is 5.32 Å². The van der Waals surface area contributed by atoms with Crippen LogP contribution in [-0.4, -0.2) is 12.6 Å². The molecule has 2 bridgehead atoms. The van der Waals surface area contributed by atoms with Crippen molar-refractivity contribution in [3.8, 4) is 0 Å². The van der Waals surface area contributed by atoms with Crippen molar-refractivity contribution in [2.75, 3.05) is 6.54 Å². The van der Waals surface area contributed by atoms with Crippen molar-refractivity contribution in [1.29, 1.82) is 0 Å². The third-order valence-electron chi connectivity index (χ3n) is 6.49. The Labute approximate surface area is 100 Å².